The Morgan fingerprint density at radius 3 is 2.29 bits per heavy atom. The maximum absolute atomic E-state index is 12.3. The molecule has 0 aliphatic heterocycles. The Kier molecular flexibility index (Phi) is 8.36. The Morgan fingerprint density at radius 2 is 1.66 bits per heavy atom. The number of nitro groups is 1. The fourth-order valence-corrected chi connectivity index (χ4v) is 3.02. The average molecular weight is 498 g/mol. The van der Waals surface area contributed by atoms with Crippen LogP contribution in [0.1, 0.15) is 17.3 Å². The molecular formula is C24H20ClN3O7. The van der Waals surface area contributed by atoms with E-state index in [-0.39, 0.29) is 16.4 Å². The summed E-state index contributed by atoms with van der Waals surface area (Å²) in [6.07, 6.45) is -1.21. The number of rotatable bonds is 9. The van der Waals surface area contributed by atoms with Gasteiger partial charge in [-0.25, -0.2) is 0 Å². The number of benzene rings is 3. The molecule has 3 aromatic carbocycles. The number of non-ortho nitro benzene ring substituents is 1. The summed E-state index contributed by atoms with van der Waals surface area (Å²) in [5, 5.41) is 15.6. The molecule has 0 bridgehead atoms. The summed E-state index contributed by atoms with van der Waals surface area (Å²) in [5.41, 5.74) is 0.191. The highest BCUT2D eigenvalue weighted by molar-refractivity contribution is 6.34. The highest BCUT2D eigenvalue weighted by Crippen LogP contribution is 2.27. The van der Waals surface area contributed by atoms with E-state index < -0.39 is 35.4 Å². The van der Waals surface area contributed by atoms with E-state index in [1.807, 2.05) is 18.2 Å². The third-order valence-electron chi connectivity index (χ3n) is 4.59. The highest BCUT2D eigenvalue weighted by atomic mass is 35.5. The fourth-order valence-electron chi connectivity index (χ4n) is 2.80. The van der Waals surface area contributed by atoms with Gasteiger partial charge in [-0.1, -0.05) is 29.8 Å². The minimum Gasteiger partial charge on any atom is -0.457 e. The van der Waals surface area contributed by atoms with Crippen molar-refractivity contribution in [1.29, 1.82) is 0 Å². The number of carbonyl (C=O) groups excluding carboxylic acids is 3. The molecule has 10 nitrogen and oxygen atoms in total. The van der Waals surface area contributed by atoms with Crippen molar-refractivity contribution in [1.82, 2.24) is 5.32 Å². The summed E-state index contributed by atoms with van der Waals surface area (Å²) in [5.74, 6) is -0.848. The van der Waals surface area contributed by atoms with Gasteiger partial charge >= 0.3 is 5.97 Å². The summed E-state index contributed by atoms with van der Waals surface area (Å²) in [7, 11) is 0. The van der Waals surface area contributed by atoms with Gasteiger partial charge in [-0.05, 0) is 49.4 Å². The predicted octanol–water partition coefficient (Wildman–Crippen LogP) is 4.34. The molecule has 2 N–H and O–H groups in total. The van der Waals surface area contributed by atoms with Crippen LogP contribution in [0.4, 0.5) is 11.4 Å². The molecule has 1 atom stereocenters. The van der Waals surface area contributed by atoms with Crippen LogP contribution in [0.25, 0.3) is 0 Å². The molecule has 0 spiro atoms. The van der Waals surface area contributed by atoms with Crippen LogP contribution in [-0.2, 0) is 14.3 Å². The Morgan fingerprint density at radius 1 is 1.00 bits per heavy atom. The molecular weight excluding hydrogens is 478 g/mol. The molecule has 180 valence electrons. The quantitative estimate of drug-likeness (QED) is 0.255. The van der Waals surface area contributed by atoms with Gasteiger partial charge in [0.1, 0.15) is 18.0 Å². The molecule has 0 heterocycles. The molecule has 11 heteroatoms. The first-order chi connectivity index (χ1) is 16.7. The lowest BCUT2D eigenvalue weighted by atomic mass is 10.2. The van der Waals surface area contributed by atoms with Gasteiger partial charge in [0.05, 0.1) is 15.6 Å². The number of esters is 1. The average Bonchev–Trinajstić information content (AvgIpc) is 2.84. The van der Waals surface area contributed by atoms with E-state index >= 15 is 0 Å². The molecule has 35 heavy (non-hydrogen) atoms. The minimum atomic E-state index is -1.21. The zero-order valence-electron chi connectivity index (χ0n) is 18.4. The van der Waals surface area contributed by atoms with Crippen LogP contribution in [0, 0.1) is 10.1 Å². The largest absolute Gasteiger partial charge is 0.457 e. The number of carbonyl (C=O) groups is 3. The third kappa shape index (κ3) is 7.27. The van der Waals surface area contributed by atoms with Crippen molar-refractivity contribution in [3.8, 4) is 11.5 Å². The maximum Gasteiger partial charge on any atom is 0.326 e. The predicted molar refractivity (Wildman–Crippen MR) is 128 cm³/mol. The first-order valence-corrected chi connectivity index (χ1v) is 10.7. The zero-order valence-corrected chi connectivity index (χ0v) is 19.2. The standard InChI is InChI=1S/C24H20ClN3O7/c1-15(23(30)27-21-12-9-17(28(32)33)13-20(21)25)34-22(29)14-26-24(31)16-7-10-19(11-8-16)35-18-5-3-2-4-6-18/h2-13,15H,14H2,1H3,(H,26,31)(H,27,30). The summed E-state index contributed by atoms with van der Waals surface area (Å²) in [4.78, 5) is 46.7. The zero-order chi connectivity index (χ0) is 25.4. The van der Waals surface area contributed by atoms with E-state index in [0.717, 1.165) is 6.07 Å². The van der Waals surface area contributed by atoms with Crippen molar-refractivity contribution in [3.05, 3.63) is 93.5 Å². The smallest absolute Gasteiger partial charge is 0.326 e. The van der Waals surface area contributed by atoms with Crippen LogP contribution in [0.15, 0.2) is 72.8 Å². The number of nitrogens with one attached hydrogen (secondary N) is 2. The van der Waals surface area contributed by atoms with Crippen molar-refractivity contribution in [3.63, 3.8) is 0 Å². The molecule has 2 amide bonds. The monoisotopic (exact) mass is 497 g/mol. The number of hydrogen-bond acceptors (Lipinski definition) is 7. The van der Waals surface area contributed by atoms with Gasteiger partial charge in [-0.3, -0.25) is 24.5 Å². The first-order valence-electron chi connectivity index (χ1n) is 10.3. The maximum atomic E-state index is 12.3. The number of nitrogens with zero attached hydrogens (tertiary/aromatic N) is 1. The van der Waals surface area contributed by atoms with Crippen molar-refractivity contribution in [2.45, 2.75) is 13.0 Å². The number of nitro benzene ring substituents is 1. The van der Waals surface area contributed by atoms with Gasteiger partial charge in [0, 0.05) is 17.7 Å². The Bertz CT molecular complexity index is 1230. The number of hydrogen-bond donors (Lipinski definition) is 2. The van der Waals surface area contributed by atoms with Crippen LogP contribution in [0.5, 0.6) is 11.5 Å². The topological polar surface area (TPSA) is 137 Å². The van der Waals surface area contributed by atoms with Crippen LogP contribution in [0.2, 0.25) is 5.02 Å². The van der Waals surface area contributed by atoms with Gasteiger partial charge in [-0.15, -0.1) is 0 Å². The van der Waals surface area contributed by atoms with Gasteiger partial charge < -0.3 is 20.1 Å². The molecule has 0 aliphatic carbocycles. The number of halogens is 1. The second-order valence-electron chi connectivity index (χ2n) is 7.16. The Labute approximate surface area is 205 Å². The molecule has 0 saturated heterocycles. The third-order valence-corrected chi connectivity index (χ3v) is 4.90. The molecule has 0 aromatic heterocycles. The lowest BCUT2D eigenvalue weighted by molar-refractivity contribution is -0.384. The van der Waals surface area contributed by atoms with E-state index in [1.165, 1.54) is 19.1 Å². The van der Waals surface area contributed by atoms with Gasteiger partial charge in [0.15, 0.2) is 6.10 Å². The van der Waals surface area contributed by atoms with E-state index in [9.17, 15) is 24.5 Å². The van der Waals surface area contributed by atoms with Gasteiger partial charge in [0.25, 0.3) is 17.5 Å². The fraction of sp³-hybridized carbons (Fsp3) is 0.125. The number of para-hydroxylation sites is 1. The molecule has 0 radical (unpaired) electrons. The number of amides is 2. The minimum absolute atomic E-state index is 0.0430. The Balaban J connectivity index is 1.46. The highest BCUT2D eigenvalue weighted by Gasteiger charge is 2.20. The van der Waals surface area contributed by atoms with Crippen LogP contribution in [-0.4, -0.2) is 35.4 Å². The van der Waals surface area contributed by atoms with Gasteiger partial charge in [0.2, 0.25) is 0 Å². The lowest BCUT2D eigenvalue weighted by Gasteiger charge is -2.14. The molecule has 0 aliphatic rings. The second-order valence-corrected chi connectivity index (χ2v) is 7.57. The van der Waals surface area contributed by atoms with Crippen LogP contribution >= 0.6 is 11.6 Å². The molecule has 3 aromatic rings. The lowest BCUT2D eigenvalue weighted by Crippen LogP contribution is -2.35. The SMILES string of the molecule is CC(OC(=O)CNC(=O)c1ccc(Oc2ccccc2)cc1)C(=O)Nc1ccc([N+](=O)[O-])cc1Cl. The van der Waals surface area contributed by atoms with E-state index in [2.05, 4.69) is 10.6 Å². The summed E-state index contributed by atoms with van der Waals surface area (Å²) in [6.45, 7) is 0.872. The van der Waals surface area contributed by atoms with Crippen molar-refractivity contribution < 1.29 is 28.8 Å². The number of anilines is 1. The van der Waals surface area contributed by atoms with Crippen molar-refractivity contribution >= 4 is 40.8 Å². The molecule has 1 unspecified atom stereocenters. The first kappa shape index (κ1) is 25.2. The number of ether oxygens (including phenoxy) is 2. The van der Waals surface area contributed by atoms with Crippen molar-refractivity contribution in [2.75, 3.05) is 11.9 Å². The summed E-state index contributed by atoms with van der Waals surface area (Å²) < 4.78 is 10.7. The molecule has 3 rings (SSSR count). The van der Waals surface area contributed by atoms with E-state index in [4.69, 9.17) is 21.1 Å². The molecule has 0 saturated carbocycles. The second kappa shape index (κ2) is 11.6. The molecule has 0 fully saturated rings. The van der Waals surface area contributed by atoms with E-state index in [0.29, 0.717) is 17.1 Å². The summed E-state index contributed by atoms with van der Waals surface area (Å²) >= 11 is 5.94. The van der Waals surface area contributed by atoms with E-state index in [1.54, 1.807) is 36.4 Å². The normalized spacial score (nSPS) is 11.1. The van der Waals surface area contributed by atoms with Crippen molar-refractivity contribution in [2.24, 2.45) is 0 Å². The van der Waals surface area contributed by atoms with Crippen LogP contribution < -0.4 is 15.4 Å². The summed E-state index contributed by atoms with van der Waals surface area (Å²) in [6, 6.07) is 19.0. The van der Waals surface area contributed by atoms with Crippen LogP contribution in [0.3, 0.4) is 0 Å². The van der Waals surface area contributed by atoms with Gasteiger partial charge in [-0.2, -0.15) is 0 Å². The Hall–Kier alpha value is -4.44.